The lowest BCUT2D eigenvalue weighted by atomic mass is 9.89. The van der Waals surface area contributed by atoms with Crippen molar-refractivity contribution in [1.29, 1.82) is 0 Å². The van der Waals surface area contributed by atoms with Crippen LogP contribution in [0.2, 0.25) is 5.28 Å². The molecule has 3 rings (SSSR count). The Balaban J connectivity index is 2.11. The minimum Gasteiger partial charge on any atom is -0.351 e. The number of rotatable bonds is 1. The van der Waals surface area contributed by atoms with Crippen LogP contribution in [0.15, 0.2) is 30.3 Å². The van der Waals surface area contributed by atoms with Crippen molar-refractivity contribution in [3.63, 3.8) is 0 Å². The molecule has 1 atom stereocenters. The predicted molar refractivity (Wildman–Crippen MR) is 77.8 cm³/mol. The molecule has 2 N–H and O–H groups in total. The Kier molecular flexibility index (Phi) is 2.87. The van der Waals surface area contributed by atoms with Crippen molar-refractivity contribution in [3.05, 3.63) is 46.9 Å². The van der Waals surface area contributed by atoms with E-state index in [0.29, 0.717) is 17.2 Å². The van der Waals surface area contributed by atoms with Crippen LogP contribution in [-0.2, 0) is 10.3 Å². The Labute approximate surface area is 121 Å². The molecule has 0 fully saturated rings. The van der Waals surface area contributed by atoms with Crippen LogP contribution in [0.1, 0.15) is 18.2 Å². The summed E-state index contributed by atoms with van der Waals surface area (Å²) in [5.74, 6) is 0.388. The van der Waals surface area contributed by atoms with Gasteiger partial charge >= 0.3 is 0 Å². The molecule has 6 heteroatoms. The van der Waals surface area contributed by atoms with Crippen LogP contribution < -0.4 is 10.6 Å². The van der Waals surface area contributed by atoms with Crippen molar-refractivity contribution in [2.45, 2.75) is 19.4 Å². The summed E-state index contributed by atoms with van der Waals surface area (Å²) in [6, 6.07) is 9.48. The van der Waals surface area contributed by atoms with Crippen LogP contribution in [0, 0.1) is 6.92 Å². The van der Waals surface area contributed by atoms with Crippen LogP contribution in [0.25, 0.3) is 0 Å². The van der Waals surface area contributed by atoms with Gasteiger partial charge < -0.3 is 10.6 Å². The van der Waals surface area contributed by atoms with E-state index < -0.39 is 5.54 Å². The third kappa shape index (κ3) is 1.91. The first-order valence-corrected chi connectivity index (χ1v) is 6.58. The molecule has 0 spiro atoms. The highest BCUT2D eigenvalue weighted by Gasteiger charge is 2.40. The van der Waals surface area contributed by atoms with E-state index in [1.165, 1.54) is 0 Å². The topological polar surface area (TPSA) is 66.9 Å². The number of carbonyl (C=O) groups excluding carboxylic acids is 1. The number of anilines is 2. The van der Waals surface area contributed by atoms with Crippen molar-refractivity contribution >= 4 is 29.0 Å². The van der Waals surface area contributed by atoms with Crippen LogP contribution >= 0.6 is 11.6 Å². The van der Waals surface area contributed by atoms with Crippen LogP contribution in [0.4, 0.5) is 11.5 Å². The highest BCUT2D eigenvalue weighted by atomic mass is 35.5. The maximum Gasteiger partial charge on any atom is 0.254 e. The summed E-state index contributed by atoms with van der Waals surface area (Å²) in [4.78, 5) is 20.7. The molecule has 2 heterocycles. The minimum atomic E-state index is -0.890. The highest BCUT2D eigenvalue weighted by Crippen LogP contribution is 2.36. The van der Waals surface area contributed by atoms with E-state index in [1.807, 2.05) is 37.3 Å². The van der Waals surface area contributed by atoms with Gasteiger partial charge in [-0.15, -0.1) is 0 Å². The summed E-state index contributed by atoms with van der Waals surface area (Å²) < 4.78 is 0. The number of fused-ring (bicyclic) bond motifs is 1. The number of aromatic nitrogens is 2. The van der Waals surface area contributed by atoms with Crippen molar-refractivity contribution in [2.75, 3.05) is 10.6 Å². The second-order valence-corrected chi connectivity index (χ2v) is 5.21. The molecule has 2 aromatic rings. The monoisotopic (exact) mass is 288 g/mol. The van der Waals surface area contributed by atoms with Crippen molar-refractivity contribution in [1.82, 2.24) is 9.97 Å². The fourth-order valence-corrected chi connectivity index (χ4v) is 2.50. The van der Waals surface area contributed by atoms with Gasteiger partial charge in [-0.05, 0) is 31.0 Å². The molecule has 1 aliphatic heterocycles. The molecule has 0 aliphatic carbocycles. The van der Waals surface area contributed by atoms with Gasteiger partial charge in [0.25, 0.3) is 5.91 Å². The summed E-state index contributed by atoms with van der Waals surface area (Å²) in [5, 5.41) is 6.19. The van der Waals surface area contributed by atoms with Crippen molar-refractivity contribution in [3.8, 4) is 0 Å². The van der Waals surface area contributed by atoms with E-state index >= 15 is 0 Å². The molecular weight excluding hydrogens is 276 g/mol. The summed E-state index contributed by atoms with van der Waals surface area (Å²) >= 11 is 5.88. The van der Waals surface area contributed by atoms with Gasteiger partial charge in [-0.25, -0.2) is 4.98 Å². The average molecular weight is 289 g/mol. The van der Waals surface area contributed by atoms with E-state index in [4.69, 9.17) is 11.6 Å². The maximum atomic E-state index is 12.5. The molecule has 0 saturated heterocycles. The molecule has 5 nitrogen and oxygen atoms in total. The van der Waals surface area contributed by atoms with Crippen LogP contribution in [0.3, 0.4) is 0 Å². The number of nitrogens with one attached hydrogen (secondary N) is 2. The van der Waals surface area contributed by atoms with Gasteiger partial charge in [-0.1, -0.05) is 30.3 Å². The molecule has 1 amide bonds. The Morgan fingerprint density at radius 2 is 1.90 bits per heavy atom. The Morgan fingerprint density at radius 3 is 2.60 bits per heavy atom. The van der Waals surface area contributed by atoms with Gasteiger partial charge in [0.05, 0.1) is 5.69 Å². The average Bonchev–Trinajstić information content (AvgIpc) is 2.42. The number of aryl methyl sites for hydroxylation is 1. The first-order valence-electron chi connectivity index (χ1n) is 6.20. The number of hydrogen-bond acceptors (Lipinski definition) is 4. The lowest BCUT2D eigenvalue weighted by molar-refractivity contribution is -0.120. The van der Waals surface area contributed by atoms with Gasteiger partial charge in [0.15, 0.2) is 5.82 Å². The number of halogens is 1. The number of nitrogens with zero attached hydrogens (tertiary/aromatic N) is 2. The molecule has 0 saturated carbocycles. The molecule has 1 aromatic carbocycles. The Hall–Kier alpha value is -2.14. The summed E-state index contributed by atoms with van der Waals surface area (Å²) in [7, 11) is 0. The van der Waals surface area contributed by atoms with Crippen LogP contribution in [0.5, 0.6) is 0 Å². The maximum absolute atomic E-state index is 12.5. The lowest BCUT2D eigenvalue weighted by Crippen LogP contribution is -2.48. The third-order valence-corrected chi connectivity index (χ3v) is 3.64. The largest absolute Gasteiger partial charge is 0.351 e. The number of carbonyl (C=O) groups is 1. The van der Waals surface area contributed by atoms with Gasteiger partial charge in [0.1, 0.15) is 11.2 Å². The fraction of sp³-hybridized carbons (Fsp3) is 0.214. The Bertz CT molecular complexity index is 689. The van der Waals surface area contributed by atoms with Gasteiger partial charge in [0, 0.05) is 0 Å². The van der Waals surface area contributed by atoms with Crippen molar-refractivity contribution in [2.24, 2.45) is 0 Å². The Morgan fingerprint density at radius 1 is 1.20 bits per heavy atom. The molecule has 102 valence electrons. The molecule has 0 bridgehead atoms. The molecular formula is C14H13ClN4O. The van der Waals surface area contributed by atoms with E-state index in [2.05, 4.69) is 20.6 Å². The zero-order valence-electron chi connectivity index (χ0n) is 11.1. The first kappa shape index (κ1) is 12.9. The normalized spacial score (nSPS) is 20.9. The number of benzene rings is 1. The van der Waals surface area contributed by atoms with E-state index in [9.17, 15) is 4.79 Å². The van der Waals surface area contributed by atoms with E-state index in [0.717, 1.165) is 5.56 Å². The zero-order chi connectivity index (χ0) is 14.3. The van der Waals surface area contributed by atoms with Crippen molar-refractivity contribution < 1.29 is 4.79 Å². The second-order valence-electron chi connectivity index (χ2n) is 4.87. The first-order chi connectivity index (χ1) is 9.50. The second kappa shape index (κ2) is 4.45. The van der Waals surface area contributed by atoms with Gasteiger partial charge in [-0.2, -0.15) is 4.98 Å². The van der Waals surface area contributed by atoms with E-state index in [-0.39, 0.29) is 11.2 Å². The highest BCUT2D eigenvalue weighted by molar-refractivity contribution is 6.28. The summed E-state index contributed by atoms with van der Waals surface area (Å²) in [6.45, 7) is 3.59. The molecule has 0 radical (unpaired) electrons. The molecule has 1 aliphatic rings. The third-order valence-electron chi connectivity index (χ3n) is 3.47. The quantitative estimate of drug-likeness (QED) is 0.792. The predicted octanol–water partition coefficient (Wildman–Crippen LogP) is 2.72. The molecule has 1 aromatic heterocycles. The lowest BCUT2D eigenvalue weighted by Gasteiger charge is -2.35. The summed E-state index contributed by atoms with van der Waals surface area (Å²) in [5.41, 5.74) is 1.18. The molecule has 1 unspecified atom stereocenters. The van der Waals surface area contributed by atoms with Gasteiger partial charge in [0.2, 0.25) is 5.28 Å². The van der Waals surface area contributed by atoms with E-state index in [1.54, 1.807) is 6.92 Å². The number of amides is 1. The fourth-order valence-electron chi connectivity index (χ4n) is 2.29. The minimum absolute atomic E-state index is 0.148. The van der Waals surface area contributed by atoms with Crippen LogP contribution in [-0.4, -0.2) is 15.9 Å². The SMILES string of the molecule is Cc1nc(Cl)nc2c1NC(=O)C(C)(c1ccccc1)N2. The number of hydrogen-bond donors (Lipinski definition) is 2. The standard InChI is InChI=1S/C14H13ClN4O/c1-8-10-11(18-13(15)16-8)19-14(2,12(20)17-10)9-6-4-3-5-7-9/h3-7H,1-2H3,(H,17,20)(H,16,18,19). The zero-order valence-corrected chi connectivity index (χ0v) is 11.8. The summed E-state index contributed by atoms with van der Waals surface area (Å²) in [6.07, 6.45) is 0. The smallest absolute Gasteiger partial charge is 0.254 e. The van der Waals surface area contributed by atoms with Gasteiger partial charge in [-0.3, -0.25) is 4.79 Å². The molecule has 20 heavy (non-hydrogen) atoms.